The number of nitrogens with one attached hydrogen (secondary N) is 1. The van der Waals surface area contributed by atoms with Crippen LogP contribution < -0.4 is 19.1 Å². The molecule has 2 aliphatic carbocycles. The second-order valence-corrected chi connectivity index (χ2v) is 13.6. The Morgan fingerprint density at radius 3 is 2.48 bits per heavy atom. The van der Waals surface area contributed by atoms with E-state index < -0.39 is 10.0 Å². The molecule has 0 radical (unpaired) electrons. The molecule has 12 heteroatoms. The molecule has 3 aromatic rings. The Kier molecular flexibility index (Phi) is 5.62. The van der Waals surface area contributed by atoms with Gasteiger partial charge in [-0.15, -0.1) is 0 Å². The summed E-state index contributed by atoms with van der Waals surface area (Å²) in [5, 5.41) is 4.21. The molecule has 2 atom stereocenters. The molecule has 1 saturated carbocycles. The van der Waals surface area contributed by atoms with Gasteiger partial charge >= 0.3 is 0 Å². The maximum Gasteiger partial charge on any atom is 0.270 e. The average molecular weight is 593 g/mol. The van der Waals surface area contributed by atoms with Crippen LogP contribution in [0.3, 0.4) is 0 Å². The number of hydrogen-bond acceptors (Lipinski definition) is 9. The van der Waals surface area contributed by atoms with Crippen LogP contribution in [0.4, 0.5) is 11.5 Å². The van der Waals surface area contributed by atoms with Crippen molar-refractivity contribution in [1.82, 2.24) is 10.1 Å². The number of morpholine rings is 1. The molecular formula is C30H32N4O7S. The number of likely N-dealkylation sites (tertiary alicyclic amines) is 1. The minimum Gasteiger partial charge on any atom is -0.495 e. The number of aromatic nitrogens is 1. The van der Waals surface area contributed by atoms with Crippen molar-refractivity contribution >= 4 is 27.4 Å². The molecule has 8 rings (SSSR count). The van der Waals surface area contributed by atoms with Crippen LogP contribution in [0.5, 0.6) is 11.5 Å². The summed E-state index contributed by atoms with van der Waals surface area (Å²) in [5.41, 5.74) is 4.38. The van der Waals surface area contributed by atoms with Crippen molar-refractivity contribution in [3.63, 3.8) is 0 Å². The smallest absolute Gasteiger partial charge is 0.270 e. The van der Waals surface area contributed by atoms with Gasteiger partial charge in [-0.2, -0.15) is 0 Å². The summed E-state index contributed by atoms with van der Waals surface area (Å²) >= 11 is 0. The number of sulfonamides is 1. The van der Waals surface area contributed by atoms with Gasteiger partial charge in [0.1, 0.15) is 11.5 Å². The third-order valence-electron chi connectivity index (χ3n) is 9.57. The Balaban J connectivity index is 1.14. The standard InChI is InChI=1S/C30H32N4O7S/c1-38-24-10-17(29(35)34-15-20-12-19(34)16-40-20)11-25(39-2)27(24)42(36,37)32-28-22-14-30(6-7-30)23-5-4-18(33-8-3-9-33)13-21(23)26(22)41-31-28/h4-5,10-11,13,19-20H,3,6-9,12,14-16H2,1-2H3,(H,31,32)/t19-,20-/m1/s1. The largest absolute Gasteiger partial charge is 0.495 e. The molecule has 5 aliphatic rings. The number of ether oxygens (including phenoxy) is 3. The summed E-state index contributed by atoms with van der Waals surface area (Å²) < 4.78 is 53.0. The summed E-state index contributed by atoms with van der Waals surface area (Å²) in [5.74, 6) is 0.564. The van der Waals surface area contributed by atoms with Crippen LogP contribution in [-0.2, 0) is 26.6 Å². The molecular weight excluding hydrogens is 560 g/mol. The van der Waals surface area contributed by atoms with Gasteiger partial charge in [0.15, 0.2) is 16.5 Å². The number of carbonyl (C=O) groups is 1. The fourth-order valence-corrected chi connectivity index (χ4v) is 8.34. The first kappa shape index (κ1) is 25.9. The maximum absolute atomic E-state index is 13.9. The minimum atomic E-state index is -4.26. The molecule has 3 saturated heterocycles. The first-order chi connectivity index (χ1) is 20.3. The van der Waals surface area contributed by atoms with Gasteiger partial charge in [0.2, 0.25) is 0 Å². The first-order valence-electron chi connectivity index (χ1n) is 14.4. The van der Waals surface area contributed by atoms with Gasteiger partial charge in [-0.05, 0) is 61.9 Å². The Bertz CT molecular complexity index is 1700. The highest BCUT2D eigenvalue weighted by Crippen LogP contribution is 2.59. The minimum absolute atomic E-state index is 0.00590. The monoisotopic (exact) mass is 592 g/mol. The first-order valence-corrected chi connectivity index (χ1v) is 15.9. The van der Waals surface area contributed by atoms with Gasteiger partial charge < -0.3 is 28.5 Å². The SMILES string of the molecule is COc1cc(C(=O)N2C[C@H]3C[C@@H]2CO3)cc(OC)c1S(=O)(=O)Nc1noc2c1CC1(CC1)c1ccc(N3CCC3)cc1-2. The third-order valence-corrected chi connectivity index (χ3v) is 11.0. The summed E-state index contributed by atoms with van der Waals surface area (Å²) in [7, 11) is -1.52. The maximum atomic E-state index is 13.9. The van der Waals surface area contributed by atoms with Crippen molar-refractivity contribution in [3.05, 3.63) is 47.0 Å². The Hall–Kier alpha value is -3.77. The van der Waals surface area contributed by atoms with Crippen molar-refractivity contribution in [2.24, 2.45) is 0 Å². The van der Waals surface area contributed by atoms with Crippen molar-refractivity contribution in [1.29, 1.82) is 0 Å². The van der Waals surface area contributed by atoms with Crippen molar-refractivity contribution in [2.75, 3.05) is 50.1 Å². The molecule has 220 valence electrons. The molecule has 11 nitrogen and oxygen atoms in total. The number of amides is 1. The van der Waals surface area contributed by atoms with Crippen molar-refractivity contribution in [3.8, 4) is 22.8 Å². The molecule has 1 aromatic heterocycles. The molecule has 3 aliphatic heterocycles. The molecule has 1 amide bonds. The van der Waals surface area contributed by atoms with E-state index in [1.54, 1.807) is 4.90 Å². The zero-order valence-electron chi connectivity index (χ0n) is 23.5. The molecule has 1 spiro atoms. The summed E-state index contributed by atoms with van der Waals surface area (Å²) in [6.45, 7) is 3.07. The van der Waals surface area contributed by atoms with E-state index in [-0.39, 0.29) is 45.7 Å². The Morgan fingerprint density at radius 2 is 1.88 bits per heavy atom. The van der Waals surface area contributed by atoms with E-state index in [2.05, 4.69) is 33.0 Å². The normalized spacial score (nSPS) is 22.9. The number of methoxy groups -OCH3 is 2. The predicted molar refractivity (Wildman–Crippen MR) is 153 cm³/mol. The fraction of sp³-hybridized carbons (Fsp3) is 0.467. The fourth-order valence-electron chi connectivity index (χ4n) is 7.01. The van der Waals surface area contributed by atoms with Crippen LogP contribution in [0.15, 0.2) is 39.8 Å². The average Bonchev–Trinajstić information content (AvgIpc) is 3.25. The van der Waals surface area contributed by atoms with Gasteiger partial charge in [0.25, 0.3) is 15.9 Å². The second-order valence-electron chi connectivity index (χ2n) is 12.0. The number of carbonyl (C=O) groups excluding carboxylic acids is 1. The van der Waals surface area contributed by atoms with Crippen molar-refractivity contribution in [2.45, 2.75) is 54.6 Å². The molecule has 4 fully saturated rings. The number of anilines is 2. The van der Waals surface area contributed by atoms with Gasteiger partial charge in [-0.25, -0.2) is 8.42 Å². The number of fused-ring (bicyclic) bond motifs is 6. The van der Waals surface area contributed by atoms with Crippen LogP contribution in [0, 0.1) is 0 Å². The predicted octanol–water partition coefficient (Wildman–Crippen LogP) is 3.57. The highest BCUT2D eigenvalue weighted by Gasteiger charge is 2.51. The molecule has 1 N–H and O–H groups in total. The summed E-state index contributed by atoms with van der Waals surface area (Å²) in [6.07, 6.45) is 4.73. The molecule has 2 aromatic carbocycles. The topological polar surface area (TPSA) is 123 Å². The van der Waals surface area contributed by atoms with E-state index >= 15 is 0 Å². The lowest BCUT2D eigenvalue weighted by Crippen LogP contribution is -2.41. The van der Waals surface area contributed by atoms with Crippen LogP contribution in [0.25, 0.3) is 11.3 Å². The van der Waals surface area contributed by atoms with Crippen LogP contribution in [-0.4, -0.2) is 77.0 Å². The molecule has 42 heavy (non-hydrogen) atoms. The number of benzene rings is 2. The van der Waals surface area contributed by atoms with Crippen LogP contribution in [0.2, 0.25) is 0 Å². The highest BCUT2D eigenvalue weighted by atomic mass is 32.2. The lowest BCUT2D eigenvalue weighted by Gasteiger charge is -2.34. The van der Waals surface area contributed by atoms with Crippen LogP contribution >= 0.6 is 0 Å². The van der Waals surface area contributed by atoms with Gasteiger partial charge in [-0.3, -0.25) is 9.52 Å². The summed E-state index contributed by atoms with van der Waals surface area (Å²) in [6, 6.07) is 9.46. The molecule has 0 unspecified atom stereocenters. The quantitative estimate of drug-likeness (QED) is 0.439. The lowest BCUT2D eigenvalue weighted by molar-refractivity contribution is 0.0258. The number of rotatable bonds is 7. The van der Waals surface area contributed by atoms with E-state index in [1.807, 2.05) is 0 Å². The van der Waals surface area contributed by atoms with Gasteiger partial charge in [0.05, 0.1) is 33.0 Å². The number of nitrogens with zero attached hydrogens (tertiary/aromatic N) is 3. The van der Waals surface area contributed by atoms with Crippen molar-refractivity contribution < 1.29 is 31.9 Å². The zero-order chi connectivity index (χ0) is 28.8. The van der Waals surface area contributed by atoms with E-state index in [9.17, 15) is 13.2 Å². The second kappa shape index (κ2) is 9.11. The van der Waals surface area contributed by atoms with Gasteiger partial charge in [-0.1, -0.05) is 11.2 Å². The molecule has 2 bridgehead atoms. The molecule has 4 heterocycles. The van der Waals surface area contributed by atoms with E-state index in [4.69, 9.17) is 18.7 Å². The summed E-state index contributed by atoms with van der Waals surface area (Å²) in [4.78, 5) is 17.3. The Morgan fingerprint density at radius 1 is 1.12 bits per heavy atom. The third kappa shape index (κ3) is 3.84. The van der Waals surface area contributed by atoms with E-state index in [1.165, 1.54) is 38.3 Å². The lowest BCUT2D eigenvalue weighted by atomic mass is 9.79. The zero-order valence-corrected chi connectivity index (χ0v) is 24.3. The Labute approximate surface area is 243 Å². The van der Waals surface area contributed by atoms with Gasteiger partial charge in [0, 0.05) is 47.4 Å². The highest BCUT2D eigenvalue weighted by molar-refractivity contribution is 7.93. The van der Waals surface area contributed by atoms with E-state index in [0.717, 1.165) is 49.2 Å². The van der Waals surface area contributed by atoms with Crippen LogP contribution in [0.1, 0.15) is 47.2 Å². The number of hydrogen-bond donors (Lipinski definition) is 1. The van der Waals surface area contributed by atoms with E-state index in [0.29, 0.717) is 30.9 Å².